The van der Waals surface area contributed by atoms with Gasteiger partial charge in [-0.15, -0.1) is 0 Å². The van der Waals surface area contributed by atoms with Crippen LogP contribution in [0.3, 0.4) is 0 Å². The zero-order valence-electron chi connectivity index (χ0n) is 6.88. The molecular weight excluding hydrogens is 140 g/mol. The van der Waals surface area contributed by atoms with Crippen molar-refractivity contribution in [3.63, 3.8) is 0 Å². The first-order chi connectivity index (χ1) is 5.33. The Hall–Kier alpha value is -0.370. The first-order valence-corrected chi connectivity index (χ1v) is 4.38. The number of ketones is 1. The van der Waals surface area contributed by atoms with Gasteiger partial charge >= 0.3 is 0 Å². The molecule has 2 fully saturated rings. The molecule has 2 aliphatic carbocycles. The molecule has 2 heteroatoms. The van der Waals surface area contributed by atoms with E-state index in [4.69, 9.17) is 4.74 Å². The number of rotatable bonds is 1. The summed E-state index contributed by atoms with van der Waals surface area (Å²) in [4.78, 5) is 11.3. The first-order valence-electron chi connectivity index (χ1n) is 4.38. The summed E-state index contributed by atoms with van der Waals surface area (Å²) < 4.78 is 5.19. The summed E-state index contributed by atoms with van der Waals surface area (Å²) in [7, 11) is 1.66. The lowest BCUT2D eigenvalue weighted by Gasteiger charge is -2.14. The smallest absolute Gasteiger partial charge is 0.162 e. The van der Waals surface area contributed by atoms with Crippen LogP contribution in [0.4, 0.5) is 0 Å². The lowest BCUT2D eigenvalue weighted by molar-refractivity contribution is -0.127. The van der Waals surface area contributed by atoms with Crippen molar-refractivity contribution in [2.24, 2.45) is 11.8 Å². The zero-order valence-corrected chi connectivity index (χ0v) is 6.88. The van der Waals surface area contributed by atoms with Crippen LogP contribution in [0, 0.1) is 11.8 Å². The maximum atomic E-state index is 11.3. The van der Waals surface area contributed by atoms with Gasteiger partial charge in [-0.05, 0) is 24.7 Å². The molecule has 0 aliphatic heterocycles. The monoisotopic (exact) mass is 154 g/mol. The summed E-state index contributed by atoms with van der Waals surface area (Å²) in [6.07, 6.45) is 4.47. The Labute approximate surface area is 66.9 Å². The summed E-state index contributed by atoms with van der Waals surface area (Å²) in [6, 6.07) is 0. The van der Waals surface area contributed by atoms with Crippen LogP contribution in [0.15, 0.2) is 0 Å². The molecule has 0 N–H and O–H groups in total. The normalized spacial score (nSPS) is 43.0. The second-order valence-electron chi connectivity index (χ2n) is 3.68. The minimum atomic E-state index is -0.0532. The number of carbonyl (C=O) groups is 1. The Morgan fingerprint density at radius 3 is 3.00 bits per heavy atom. The summed E-state index contributed by atoms with van der Waals surface area (Å²) >= 11 is 0. The number of methoxy groups -OCH3 is 1. The van der Waals surface area contributed by atoms with E-state index in [1.54, 1.807) is 7.11 Å². The molecule has 2 saturated carbocycles. The van der Waals surface area contributed by atoms with Crippen LogP contribution in [0.25, 0.3) is 0 Å². The third kappa shape index (κ3) is 1.00. The van der Waals surface area contributed by atoms with Crippen LogP contribution in [0.2, 0.25) is 0 Å². The standard InChI is InChI=1S/C9H14O2/c1-11-9-7-4-2-3-6(7)5-8(9)10/h6-7,9H,2-5H2,1H3/t6-,7-,9-/m0/s1. The predicted molar refractivity (Wildman–Crippen MR) is 41.3 cm³/mol. The lowest BCUT2D eigenvalue weighted by atomic mass is 9.99. The topological polar surface area (TPSA) is 26.3 Å². The molecule has 0 heterocycles. The van der Waals surface area contributed by atoms with Gasteiger partial charge in [-0.2, -0.15) is 0 Å². The predicted octanol–water partition coefficient (Wildman–Crippen LogP) is 1.39. The molecule has 2 aliphatic rings. The van der Waals surface area contributed by atoms with Crippen molar-refractivity contribution in [3.05, 3.63) is 0 Å². The zero-order chi connectivity index (χ0) is 7.84. The number of hydrogen-bond donors (Lipinski definition) is 0. The van der Waals surface area contributed by atoms with E-state index >= 15 is 0 Å². The van der Waals surface area contributed by atoms with Gasteiger partial charge in [0.25, 0.3) is 0 Å². The Morgan fingerprint density at radius 1 is 1.45 bits per heavy atom. The molecule has 0 bridgehead atoms. The SMILES string of the molecule is CO[C@@H]1C(=O)C[C@@H]2CCC[C@@H]21. The molecule has 0 unspecified atom stereocenters. The quantitative estimate of drug-likeness (QED) is 0.570. The fourth-order valence-corrected chi connectivity index (χ4v) is 2.64. The average molecular weight is 154 g/mol. The van der Waals surface area contributed by atoms with Crippen molar-refractivity contribution in [2.75, 3.05) is 7.11 Å². The Balaban J connectivity index is 2.13. The molecule has 11 heavy (non-hydrogen) atoms. The minimum Gasteiger partial charge on any atom is -0.373 e. The highest BCUT2D eigenvalue weighted by Crippen LogP contribution is 2.43. The Bertz CT molecular complexity index is 176. The van der Waals surface area contributed by atoms with Crippen molar-refractivity contribution in [1.29, 1.82) is 0 Å². The minimum absolute atomic E-state index is 0.0532. The van der Waals surface area contributed by atoms with Crippen LogP contribution >= 0.6 is 0 Å². The highest BCUT2D eigenvalue weighted by Gasteiger charge is 2.44. The molecule has 0 aromatic carbocycles. The van der Waals surface area contributed by atoms with Crippen molar-refractivity contribution in [3.8, 4) is 0 Å². The molecular formula is C9H14O2. The Morgan fingerprint density at radius 2 is 2.27 bits per heavy atom. The van der Waals surface area contributed by atoms with E-state index in [-0.39, 0.29) is 6.10 Å². The average Bonchev–Trinajstić information content (AvgIpc) is 2.46. The van der Waals surface area contributed by atoms with Crippen LogP contribution in [-0.2, 0) is 9.53 Å². The van der Waals surface area contributed by atoms with Gasteiger partial charge in [-0.1, -0.05) is 6.42 Å². The summed E-state index contributed by atoms with van der Waals surface area (Å²) in [5, 5.41) is 0. The maximum absolute atomic E-state index is 11.3. The molecule has 0 aromatic heterocycles. The van der Waals surface area contributed by atoms with Crippen molar-refractivity contribution >= 4 is 5.78 Å². The van der Waals surface area contributed by atoms with Crippen LogP contribution in [-0.4, -0.2) is 19.0 Å². The van der Waals surface area contributed by atoms with Gasteiger partial charge in [-0.3, -0.25) is 4.79 Å². The van der Waals surface area contributed by atoms with Gasteiger partial charge in [0.1, 0.15) is 6.10 Å². The van der Waals surface area contributed by atoms with Gasteiger partial charge in [0.15, 0.2) is 5.78 Å². The molecule has 0 radical (unpaired) electrons. The molecule has 0 amide bonds. The van der Waals surface area contributed by atoms with Gasteiger partial charge in [-0.25, -0.2) is 0 Å². The number of Topliss-reactive ketones (excluding diaryl/α,β-unsaturated/α-hetero) is 1. The second kappa shape index (κ2) is 2.59. The molecule has 62 valence electrons. The fraction of sp³-hybridized carbons (Fsp3) is 0.889. The van der Waals surface area contributed by atoms with E-state index in [0.29, 0.717) is 17.6 Å². The molecule has 2 nitrogen and oxygen atoms in total. The van der Waals surface area contributed by atoms with Crippen LogP contribution in [0.5, 0.6) is 0 Å². The van der Waals surface area contributed by atoms with Crippen LogP contribution < -0.4 is 0 Å². The van der Waals surface area contributed by atoms with E-state index in [2.05, 4.69) is 0 Å². The van der Waals surface area contributed by atoms with E-state index in [1.165, 1.54) is 19.3 Å². The van der Waals surface area contributed by atoms with E-state index in [0.717, 1.165) is 6.42 Å². The van der Waals surface area contributed by atoms with E-state index in [1.807, 2.05) is 0 Å². The molecule has 3 atom stereocenters. The van der Waals surface area contributed by atoms with Gasteiger partial charge < -0.3 is 4.74 Å². The van der Waals surface area contributed by atoms with Gasteiger partial charge in [0.05, 0.1) is 0 Å². The Kier molecular flexibility index (Phi) is 1.72. The van der Waals surface area contributed by atoms with Gasteiger partial charge in [0, 0.05) is 13.5 Å². The number of fused-ring (bicyclic) bond motifs is 1. The van der Waals surface area contributed by atoms with E-state index < -0.39 is 0 Å². The number of hydrogen-bond acceptors (Lipinski definition) is 2. The first kappa shape index (κ1) is 7.29. The summed E-state index contributed by atoms with van der Waals surface area (Å²) in [5.41, 5.74) is 0. The molecule has 0 aromatic rings. The fourth-order valence-electron chi connectivity index (χ4n) is 2.64. The van der Waals surface area contributed by atoms with E-state index in [9.17, 15) is 4.79 Å². The summed E-state index contributed by atoms with van der Waals surface area (Å²) in [6.45, 7) is 0. The highest BCUT2D eigenvalue weighted by molar-refractivity contribution is 5.86. The van der Waals surface area contributed by atoms with Crippen molar-refractivity contribution in [1.82, 2.24) is 0 Å². The third-order valence-electron chi connectivity index (χ3n) is 3.14. The highest BCUT2D eigenvalue weighted by atomic mass is 16.5. The number of ether oxygens (including phenoxy) is 1. The molecule has 0 spiro atoms. The molecule has 0 saturated heterocycles. The summed E-state index contributed by atoms with van der Waals surface area (Å²) in [5.74, 6) is 1.56. The lowest BCUT2D eigenvalue weighted by Crippen LogP contribution is -2.23. The van der Waals surface area contributed by atoms with Gasteiger partial charge in [0.2, 0.25) is 0 Å². The molecule has 2 rings (SSSR count). The maximum Gasteiger partial charge on any atom is 0.162 e. The largest absolute Gasteiger partial charge is 0.373 e. The third-order valence-corrected chi connectivity index (χ3v) is 3.14. The van der Waals surface area contributed by atoms with Crippen LogP contribution in [0.1, 0.15) is 25.7 Å². The number of carbonyl (C=O) groups excluding carboxylic acids is 1. The van der Waals surface area contributed by atoms with Crippen molar-refractivity contribution in [2.45, 2.75) is 31.8 Å². The van der Waals surface area contributed by atoms with Crippen molar-refractivity contribution < 1.29 is 9.53 Å². The second-order valence-corrected chi connectivity index (χ2v) is 3.68.